The molecule has 1 heterocycles. The number of hydrogen-bond donors (Lipinski definition) is 2. The zero-order chi connectivity index (χ0) is 12.7. The summed E-state index contributed by atoms with van der Waals surface area (Å²) in [5, 5.41) is 12.6. The Morgan fingerprint density at radius 3 is 2.71 bits per heavy atom. The maximum Gasteiger partial charge on any atom is 0.330 e. The molecule has 6 nitrogen and oxygen atoms in total. The van der Waals surface area contributed by atoms with Crippen LogP contribution in [0.25, 0.3) is 0 Å². The lowest BCUT2D eigenvalue weighted by molar-refractivity contribution is -0.172. The molecule has 2 rings (SSSR count). The minimum atomic E-state index is -3.49. The number of aliphatic hydroxyl groups is 1. The number of benzene rings is 1. The van der Waals surface area contributed by atoms with Gasteiger partial charge in [-0.3, -0.25) is 13.9 Å². The van der Waals surface area contributed by atoms with Crippen molar-refractivity contribution in [2.45, 2.75) is 5.79 Å². The molecule has 0 unspecified atom stereocenters. The zero-order valence-electron chi connectivity index (χ0n) is 9.34. The summed E-state index contributed by atoms with van der Waals surface area (Å²) < 4.78 is 21.3. The lowest BCUT2D eigenvalue weighted by atomic mass is 10.1. The molecule has 0 radical (unpaired) electrons. The Morgan fingerprint density at radius 2 is 2.06 bits per heavy atom. The van der Waals surface area contributed by atoms with Crippen molar-refractivity contribution in [2.75, 3.05) is 19.1 Å². The minimum absolute atomic E-state index is 0.226. The molecule has 0 fully saturated rings. The third kappa shape index (κ3) is 2.00. The molecule has 0 aliphatic carbocycles. The number of rotatable bonds is 3. The summed E-state index contributed by atoms with van der Waals surface area (Å²) >= 11 is 0. The molecular formula is C10H12NO5P. The summed E-state index contributed by atoms with van der Waals surface area (Å²) in [5.41, 5.74) is 0.653. The molecule has 1 aromatic rings. The Labute approximate surface area is 98.1 Å². The number of amides is 1. The van der Waals surface area contributed by atoms with Crippen molar-refractivity contribution < 1.29 is 23.5 Å². The summed E-state index contributed by atoms with van der Waals surface area (Å²) in [6.45, 7) is 1.18. The second-order valence-corrected chi connectivity index (χ2v) is 5.78. The van der Waals surface area contributed by atoms with Gasteiger partial charge < -0.3 is 14.9 Å². The Hall–Kier alpha value is -1.20. The number of carbonyl (C=O) groups is 1. The Bertz CT molecular complexity index is 517. The predicted molar refractivity (Wildman–Crippen MR) is 60.6 cm³/mol. The van der Waals surface area contributed by atoms with Crippen LogP contribution in [0.2, 0.25) is 0 Å². The fraction of sp³-hybridized carbons (Fsp3) is 0.300. The largest absolute Gasteiger partial charge is 0.354 e. The zero-order valence-corrected chi connectivity index (χ0v) is 10.2. The molecule has 0 aromatic heterocycles. The molecule has 17 heavy (non-hydrogen) atoms. The summed E-state index contributed by atoms with van der Waals surface area (Å²) in [6, 6.07) is 6.47. The van der Waals surface area contributed by atoms with Gasteiger partial charge in [-0.25, -0.2) is 0 Å². The molecule has 92 valence electrons. The van der Waals surface area contributed by atoms with E-state index in [1.54, 1.807) is 18.2 Å². The molecule has 0 bridgehead atoms. The van der Waals surface area contributed by atoms with Gasteiger partial charge in [0.25, 0.3) is 11.7 Å². The lowest BCUT2D eigenvalue weighted by Gasteiger charge is -2.24. The van der Waals surface area contributed by atoms with Gasteiger partial charge in [0, 0.05) is 19.3 Å². The van der Waals surface area contributed by atoms with Gasteiger partial charge in [0.15, 0.2) is 0 Å². The van der Waals surface area contributed by atoms with Crippen LogP contribution >= 0.6 is 7.60 Å². The maximum atomic E-state index is 11.7. The molecule has 1 amide bonds. The summed E-state index contributed by atoms with van der Waals surface area (Å²) in [6.07, 6.45) is 0. The van der Waals surface area contributed by atoms with Crippen molar-refractivity contribution in [2.24, 2.45) is 0 Å². The van der Waals surface area contributed by atoms with Crippen LogP contribution in [0.5, 0.6) is 0 Å². The van der Waals surface area contributed by atoms with Gasteiger partial charge in [-0.2, -0.15) is 0 Å². The van der Waals surface area contributed by atoms with Crippen LogP contribution in [0.3, 0.4) is 0 Å². The first-order valence-electron chi connectivity index (χ1n) is 4.86. The SMILES string of the molecule is CO[P@@](C)(=O)O[C@@]1(O)C(=O)Nc2ccccc21. The van der Waals surface area contributed by atoms with E-state index in [-0.39, 0.29) is 5.56 Å². The molecule has 0 spiro atoms. The van der Waals surface area contributed by atoms with E-state index < -0.39 is 19.3 Å². The fourth-order valence-corrected chi connectivity index (χ4v) is 2.32. The molecule has 0 saturated carbocycles. The first-order chi connectivity index (χ1) is 7.89. The van der Waals surface area contributed by atoms with Crippen molar-refractivity contribution >= 4 is 19.2 Å². The van der Waals surface area contributed by atoms with Gasteiger partial charge in [0.05, 0.1) is 5.69 Å². The average Bonchev–Trinajstić information content (AvgIpc) is 2.51. The van der Waals surface area contributed by atoms with Crippen LogP contribution in [0.4, 0.5) is 5.69 Å². The van der Waals surface area contributed by atoms with E-state index in [4.69, 9.17) is 4.52 Å². The molecular weight excluding hydrogens is 245 g/mol. The monoisotopic (exact) mass is 257 g/mol. The molecule has 2 atom stereocenters. The fourth-order valence-electron chi connectivity index (χ4n) is 1.58. The number of anilines is 1. The van der Waals surface area contributed by atoms with Crippen molar-refractivity contribution in [3.63, 3.8) is 0 Å². The highest BCUT2D eigenvalue weighted by molar-refractivity contribution is 7.53. The van der Waals surface area contributed by atoms with Crippen molar-refractivity contribution in [1.29, 1.82) is 0 Å². The standard InChI is InChI=1S/C10H12NO5P/c1-15-17(2,14)16-10(13)7-5-3-4-6-8(7)11-9(10)12/h3-6,13H,1-2H3,(H,11,12)/t10-,17-/m1/s1. The first kappa shape index (κ1) is 12.3. The van der Waals surface area contributed by atoms with E-state index in [1.807, 2.05) is 0 Å². The second kappa shape index (κ2) is 3.92. The van der Waals surface area contributed by atoms with Gasteiger partial charge >= 0.3 is 7.60 Å². The summed E-state index contributed by atoms with van der Waals surface area (Å²) in [7, 11) is -2.31. The summed E-state index contributed by atoms with van der Waals surface area (Å²) in [4.78, 5) is 11.7. The van der Waals surface area contributed by atoms with Crippen LogP contribution in [-0.2, 0) is 24.2 Å². The van der Waals surface area contributed by atoms with Crippen LogP contribution in [0.15, 0.2) is 24.3 Å². The number of fused-ring (bicyclic) bond motifs is 1. The molecule has 1 aromatic carbocycles. The highest BCUT2D eigenvalue weighted by Gasteiger charge is 2.50. The smallest absolute Gasteiger partial charge is 0.330 e. The Morgan fingerprint density at radius 1 is 1.41 bits per heavy atom. The van der Waals surface area contributed by atoms with Gasteiger partial charge in [-0.1, -0.05) is 18.2 Å². The van der Waals surface area contributed by atoms with E-state index in [0.29, 0.717) is 5.69 Å². The third-order valence-corrected chi connectivity index (χ3v) is 3.74. The number of hydrogen-bond acceptors (Lipinski definition) is 5. The van der Waals surface area contributed by atoms with Gasteiger partial charge in [0.2, 0.25) is 0 Å². The van der Waals surface area contributed by atoms with E-state index in [9.17, 15) is 14.5 Å². The van der Waals surface area contributed by atoms with E-state index in [1.165, 1.54) is 19.8 Å². The highest BCUT2D eigenvalue weighted by Crippen LogP contribution is 2.51. The maximum absolute atomic E-state index is 11.7. The Kier molecular flexibility index (Phi) is 2.83. The second-order valence-electron chi connectivity index (χ2n) is 3.69. The summed E-state index contributed by atoms with van der Waals surface area (Å²) in [5.74, 6) is -3.05. The number of para-hydroxylation sites is 1. The van der Waals surface area contributed by atoms with Crippen LogP contribution in [0.1, 0.15) is 5.56 Å². The molecule has 7 heteroatoms. The predicted octanol–water partition coefficient (Wildman–Crippen LogP) is 1.27. The van der Waals surface area contributed by atoms with Gasteiger partial charge in [-0.15, -0.1) is 0 Å². The van der Waals surface area contributed by atoms with Crippen LogP contribution in [-0.4, -0.2) is 24.8 Å². The van der Waals surface area contributed by atoms with Crippen molar-refractivity contribution in [1.82, 2.24) is 0 Å². The first-order valence-corrected chi connectivity index (χ1v) is 6.85. The van der Waals surface area contributed by atoms with E-state index >= 15 is 0 Å². The van der Waals surface area contributed by atoms with E-state index in [2.05, 4.69) is 9.84 Å². The Balaban J connectivity index is 2.44. The molecule has 1 aliphatic heterocycles. The van der Waals surface area contributed by atoms with Crippen molar-refractivity contribution in [3.05, 3.63) is 29.8 Å². The highest BCUT2D eigenvalue weighted by atomic mass is 31.2. The van der Waals surface area contributed by atoms with Gasteiger partial charge in [-0.05, 0) is 6.07 Å². The van der Waals surface area contributed by atoms with E-state index in [0.717, 1.165) is 0 Å². The van der Waals surface area contributed by atoms with Crippen LogP contribution in [0, 0.1) is 0 Å². The average molecular weight is 257 g/mol. The van der Waals surface area contributed by atoms with Gasteiger partial charge in [0.1, 0.15) is 0 Å². The van der Waals surface area contributed by atoms with Crippen molar-refractivity contribution in [3.8, 4) is 0 Å². The lowest BCUT2D eigenvalue weighted by Crippen LogP contribution is -2.36. The topological polar surface area (TPSA) is 84.9 Å². The van der Waals surface area contributed by atoms with Crippen LogP contribution < -0.4 is 5.32 Å². The number of nitrogens with one attached hydrogen (secondary N) is 1. The molecule has 0 saturated heterocycles. The third-order valence-electron chi connectivity index (χ3n) is 2.48. The quantitative estimate of drug-likeness (QED) is 0.629. The molecule has 2 N–H and O–H groups in total. The minimum Gasteiger partial charge on any atom is -0.354 e. The normalized spacial score (nSPS) is 26.2. The number of carbonyl (C=O) groups excluding carboxylic acids is 1. The molecule has 1 aliphatic rings.